The van der Waals surface area contributed by atoms with E-state index in [1.165, 1.54) is 12.8 Å². The highest BCUT2D eigenvalue weighted by Crippen LogP contribution is 2.11. The van der Waals surface area contributed by atoms with Crippen molar-refractivity contribution in [1.82, 2.24) is 10.6 Å². The maximum Gasteiger partial charge on any atom is 0.0579 e. The first kappa shape index (κ1) is 14.9. The zero-order valence-corrected chi connectivity index (χ0v) is 11.7. The van der Waals surface area contributed by atoms with Gasteiger partial charge in [0.1, 0.15) is 0 Å². The number of nitrogens with one attached hydrogen (secondary N) is 2. The van der Waals surface area contributed by atoms with Crippen LogP contribution in [0.25, 0.3) is 0 Å². The van der Waals surface area contributed by atoms with Gasteiger partial charge in [-0.25, -0.2) is 0 Å². The van der Waals surface area contributed by atoms with Crippen molar-refractivity contribution in [3.8, 4) is 0 Å². The first-order chi connectivity index (χ1) is 6.70. The van der Waals surface area contributed by atoms with Crippen molar-refractivity contribution in [2.45, 2.75) is 85.0 Å². The second kappa shape index (κ2) is 5.86. The molecule has 0 fully saturated rings. The maximum absolute atomic E-state index is 3.69. The molecule has 0 aliphatic carbocycles. The van der Waals surface area contributed by atoms with Crippen LogP contribution in [-0.4, -0.2) is 17.2 Å². The average Bonchev–Trinajstić information content (AvgIpc) is 2.01. The molecule has 0 amide bonds. The van der Waals surface area contributed by atoms with Crippen LogP contribution in [0.4, 0.5) is 0 Å². The van der Waals surface area contributed by atoms with E-state index >= 15 is 0 Å². The van der Waals surface area contributed by atoms with Crippen LogP contribution in [0.2, 0.25) is 0 Å². The molecule has 0 aliphatic rings. The average molecular weight is 214 g/mol. The van der Waals surface area contributed by atoms with Crippen LogP contribution < -0.4 is 10.6 Å². The summed E-state index contributed by atoms with van der Waals surface area (Å²) < 4.78 is 0. The summed E-state index contributed by atoms with van der Waals surface area (Å²) in [7, 11) is 0. The van der Waals surface area contributed by atoms with Gasteiger partial charge in [0.05, 0.1) is 6.17 Å². The molecular formula is C13H30N2. The Morgan fingerprint density at radius 3 is 1.80 bits per heavy atom. The predicted octanol–water partition coefficient (Wildman–Crippen LogP) is 3.28. The molecule has 0 spiro atoms. The van der Waals surface area contributed by atoms with Gasteiger partial charge in [-0.1, -0.05) is 20.3 Å². The Labute approximate surface area is 96.2 Å². The van der Waals surface area contributed by atoms with Gasteiger partial charge in [-0.2, -0.15) is 0 Å². The van der Waals surface area contributed by atoms with E-state index in [-0.39, 0.29) is 11.1 Å². The van der Waals surface area contributed by atoms with Crippen molar-refractivity contribution < 1.29 is 0 Å². The van der Waals surface area contributed by atoms with Crippen LogP contribution in [-0.2, 0) is 0 Å². The lowest BCUT2D eigenvalue weighted by molar-refractivity contribution is 0.236. The minimum absolute atomic E-state index is 0.177. The summed E-state index contributed by atoms with van der Waals surface area (Å²) in [4.78, 5) is 0. The van der Waals surface area contributed by atoms with E-state index in [0.29, 0.717) is 6.17 Å². The lowest BCUT2D eigenvalue weighted by Gasteiger charge is -2.36. The Hall–Kier alpha value is -0.0800. The van der Waals surface area contributed by atoms with Crippen molar-refractivity contribution >= 4 is 0 Å². The lowest BCUT2D eigenvalue weighted by atomic mass is 10.00. The molecule has 0 radical (unpaired) electrons. The lowest BCUT2D eigenvalue weighted by Crippen LogP contribution is -2.56. The van der Waals surface area contributed by atoms with E-state index in [2.05, 4.69) is 59.1 Å². The van der Waals surface area contributed by atoms with Crippen LogP contribution in [0.5, 0.6) is 0 Å². The van der Waals surface area contributed by atoms with Gasteiger partial charge < -0.3 is 0 Å². The van der Waals surface area contributed by atoms with E-state index in [1.807, 2.05) is 0 Å². The smallest absolute Gasteiger partial charge is 0.0579 e. The van der Waals surface area contributed by atoms with Gasteiger partial charge in [0.15, 0.2) is 0 Å². The molecule has 0 aliphatic heterocycles. The quantitative estimate of drug-likeness (QED) is 0.663. The fourth-order valence-corrected chi connectivity index (χ4v) is 1.57. The highest BCUT2D eigenvalue weighted by Gasteiger charge is 2.22. The minimum Gasteiger partial charge on any atom is -0.297 e. The third-order valence-electron chi connectivity index (χ3n) is 2.63. The summed E-state index contributed by atoms with van der Waals surface area (Å²) in [5.41, 5.74) is 0.398. The first-order valence-electron chi connectivity index (χ1n) is 6.25. The van der Waals surface area contributed by atoms with Crippen molar-refractivity contribution in [2.75, 3.05) is 0 Å². The Kier molecular flexibility index (Phi) is 5.82. The molecule has 0 aromatic heterocycles. The molecule has 2 nitrogen and oxygen atoms in total. The summed E-state index contributed by atoms with van der Waals surface area (Å²) in [5, 5.41) is 7.33. The largest absolute Gasteiger partial charge is 0.297 e. The monoisotopic (exact) mass is 214 g/mol. The summed E-state index contributed by atoms with van der Waals surface area (Å²) in [5.74, 6) is 0. The van der Waals surface area contributed by atoms with E-state index < -0.39 is 0 Å². The zero-order valence-electron chi connectivity index (χ0n) is 11.7. The Bertz CT molecular complexity index is 168. The molecule has 2 N–H and O–H groups in total. The van der Waals surface area contributed by atoms with Crippen molar-refractivity contribution in [3.63, 3.8) is 0 Å². The summed E-state index contributed by atoms with van der Waals surface area (Å²) in [6.45, 7) is 15.6. The number of hydrogen-bond donors (Lipinski definition) is 2. The predicted molar refractivity (Wildman–Crippen MR) is 69.1 cm³/mol. The molecule has 0 heterocycles. The molecule has 1 atom stereocenters. The summed E-state index contributed by atoms with van der Waals surface area (Å²) in [6.07, 6.45) is 3.96. The third-order valence-corrected chi connectivity index (χ3v) is 2.63. The van der Waals surface area contributed by atoms with Crippen LogP contribution in [0.1, 0.15) is 67.7 Å². The topological polar surface area (TPSA) is 24.1 Å². The van der Waals surface area contributed by atoms with Crippen molar-refractivity contribution in [1.29, 1.82) is 0 Å². The van der Waals surface area contributed by atoms with Gasteiger partial charge in [-0.3, -0.25) is 10.6 Å². The van der Waals surface area contributed by atoms with Gasteiger partial charge in [0, 0.05) is 11.1 Å². The highest BCUT2D eigenvalue weighted by molar-refractivity contribution is 4.83. The van der Waals surface area contributed by atoms with Crippen molar-refractivity contribution in [3.05, 3.63) is 0 Å². The molecule has 0 saturated carbocycles. The molecule has 0 rings (SSSR count). The fourth-order valence-electron chi connectivity index (χ4n) is 1.57. The molecule has 0 aromatic rings. The molecule has 0 saturated heterocycles. The van der Waals surface area contributed by atoms with Crippen LogP contribution in [0.15, 0.2) is 0 Å². The van der Waals surface area contributed by atoms with Gasteiger partial charge in [-0.15, -0.1) is 0 Å². The molecular weight excluding hydrogens is 184 g/mol. The minimum atomic E-state index is 0.177. The molecule has 15 heavy (non-hydrogen) atoms. The van der Waals surface area contributed by atoms with Crippen LogP contribution in [0, 0.1) is 0 Å². The van der Waals surface area contributed by atoms with E-state index in [4.69, 9.17) is 0 Å². The number of hydrogen-bond acceptors (Lipinski definition) is 2. The Balaban J connectivity index is 4.28. The van der Waals surface area contributed by atoms with Gasteiger partial charge >= 0.3 is 0 Å². The molecule has 2 heteroatoms. The number of rotatable bonds is 6. The zero-order chi connectivity index (χ0) is 12.1. The Morgan fingerprint density at radius 1 is 0.933 bits per heavy atom. The van der Waals surface area contributed by atoms with E-state index in [0.717, 1.165) is 6.42 Å². The van der Waals surface area contributed by atoms with E-state index in [1.54, 1.807) is 0 Å². The van der Waals surface area contributed by atoms with Gasteiger partial charge in [0.25, 0.3) is 0 Å². The second-order valence-corrected chi connectivity index (χ2v) is 6.12. The van der Waals surface area contributed by atoms with E-state index in [9.17, 15) is 0 Å². The van der Waals surface area contributed by atoms with Crippen LogP contribution in [0.3, 0.4) is 0 Å². The molecule has 0 aromatic carbocycles. The second-order valence-electron chi connectivity index (χ2n) is 6.12. The SMILES string of the molecule is CCCC(NC(C)(C)C)NC(C)(C)CC. The van der Waals surface area contributed by atoms with Crippen LogP contribution >= 0.6 is 0 Å². The maximum atomic E-state index is 3.69. The third kappa shape index (κ3) is 7.80. The normalized spacial score (nSPS) is 15.4. The summed E-state index contributed by atoms with van der Waals surface area (Å²) >= 11 is 0. The highest BCUT2D eigenvalue weighted by atomic mass is 15.2. The molecule has 0 bridgehead atoms. The van der Waals surface area contributed by atoms with Crippen molar-refractivity contribution in [2.24, 2.45) is 0 Å². The first-order valence-corrected chi connectivity index (χ1v) is 6.25. The summed E-state index contributed by atoms with van der Waals surface area (Å²) in [6, 6.07) is 0. The molecule has 1 unspecified atom stereocenters. The molecule has 92 valence electrons. The standard InChI is InChI=1S/C13H30N2/c1-8-10-11(14-12(3,4)5)15-13(6,7)9-2/h11,14-15H,8-10H2,1-7H3. The van der Waals surface area contributed by atoms with Gasteiger partial charge in [-0.05, 0) is 47.5 Å². The Morgan fingerprint density at radius 2 is 1.47 bits per heavy atom. The van der Waals surface area contributed by atoms with Gasteiger partial charge in [0.2, 0.25) is 0 Å². The fraction of sp³-hybridized carbons (Fsp3) is 1.00.